The lowest BCUT2D eigenvalue weighted by molar-refractivity contribution is 0.275. The van der Waals surface area contributed by atoms with Gasteiger partial charge in [-0.2, -0.15) is 0 Å². The first-order valence-electron chi connectivity index (χ1n) is 8.31. The summed E-state index contributed by atoms with van der Waals surface area (Å²) in [5.74, 6) is 0. The first-order chi connectivity index (χ1) is 11.4. The number of benzene rings is 2. The molecule has 0 spiro atoms. The number of rotatable bonds is 2. The summed E-state index contributed by atoms with van der Waals surface area (Å²) in [4.78, 5) is 21.6. The minimum absolute atomic E-state index is 0.249. The number of phosphoric acid groups is 1. The molecule has 2 aromatic rings. The third kappa shape index (κ3) is 5.57. The molecule has 0 amide bonds. The van der Waals surface area contributed by atoms with Crippen molar-refractivity contribution in [2.45, 2.75) is 43.9 Å². The van der Waals surface area contributed by atoms with Crippen LogP contribution in [0, 0.1) is 0 Å². The zero-order valence-corrected chi connectivity index (χ0v) is 14.6. The maximum Gasteiger partial charge on any atom is 0.466 e. The molecule has 0 bridgehead atoms. The van der Waals surface area contributed by atoms with E-state index in [4.69, 9.17) is 19.2 Å². The quantitative estimate of drug-likeness (QED) is 0.555. The van der Waals surface area contributed by atoms with E-state index in [9.17, 15) is 0 Å². The van der Waals surface area contributed by atoms with Crippen molar-refractivity contribution in [2.75, 3.05) is 0 Å². The number of hydrogen-bond acceptors (Lipinski definition) is 1. The van der Waals surface area contributed by atoms with Gasteiger partial charge in [0.15, 0.2) is 0 Å². The van der Waals surface area contributed by atoms with Crippen LogP contribution in [0.25, 0.3) is 0 Å². The maximum atomic E-state index is 8.88. The predicted molar refractivity (Wildman–Crippen MR) is 95.6 cm³/mol. The highest BCUT2D eigenvalue weighted by molar-refractivity contribution is 7.45. The Morgan fingerprint density at radius 3 is 1.33 bits per heavy atom. The van der Waals surface area contributed by atoms with Crippen LogP contribution < -0.4 is 0 Å². The summed E-state index contributed by atoms with van der Waals surface area (Å²) in [6, 6.07) is 22.3. The van der Waals surface area contributed by atoms with Gasteiger partial charge in [0.25, 0.3) is 0 Å². The van der Waals surface area contributed by atoms with Gasteiger partial charge >= 0.3 is 7.82 Å². The van der Waals surface area contributed by atoms with Gasteiger partial charge in [-0.15, -0.1) is 0 Å². The Balaban J connectivity index is 0.000000368. The third-order valence-electron chi connectivity index (χ3n) is 4.61. The Morgan fingerprint density at radius 2 is 1.00 bits per heavy atom. The van der Waals surface area contributed by atoms with Crippen LogP contribution in [0.1, 0.15) is 49.7 Å². The topological polar surface area (TPSA) is 77.8 Å². The average Bonchev–Trinajstić information content (AvgIpc) is 2.82. The van der Waals surface area contributed by atoms with Gasteiger partial charge in [0.1, 0.15) is 0 Å². The highest BCUT2D eigenvalue weighted by Crippen LogP contribution is 2.43. The van der Waals surface area contributed by atoms with Crippen LogP contribution in [0.15, 0.2) is 60.7 Å². The smallest absolute Gasteiger partial charge is 0.303 e. The molecule has 0 unspecified atom stereocenters. The van der Waals surface area contributed by atoms with E-state index in [1.807, 2.05) is 0 Å². The van der Waals surface area contributed by atoms with E-state index < -0.39 is 7.82 Å². The van der Waals surface area contributed by atoms with Crippen molar-refractivity contribution in [3.63, 3.8) is 0 Å². The molecule has 2 aromatic carbocycles. The van der Waals surface area contributed by atoms with Crippen LogP contribution in [-0.2, 0) is 9.98 Å². The van der Waals surface area contributed by atoms with Crippen molar-refractivity contribution in [3.05, 3.63) is 71.8 Å². The van der Waals surface area contributed by atoms with Gasteiger partial charge in [-0.25, -0.2) is 4.57 Å². The Labute approximate surface area is 143 Å². The zero-order chi connectivity index (χ0) is 17.5. The van der Waals surface area contributed by atoms with Crippen molar-refractivity contribution in [3.8, 4) is 0 Å². The van der Waals surface area contributed by atoms with E-state index in [2.05, 4.69) is 60.7 Å². The summed E-state index contributed by atoms with van der Waals surface area (Å²) in [5, 5.41) is 0. The van der Waals surface area contributed by atoms with Gasteiger partial charge in [-0.1, -0.05) is 86.3 Å². The molecule has 1 fully saturated rings. The molecule has 4 nitrogen and oxygen atoms in total. The van der Waals surface area contributed by atoms with E-state index in [1.54, 1.807) is 0 Å². The van der Waals surface area contributed by atoms with E-state index in [0.717, 1.165) is 0 Å². The lowest BCUT2D eigenvalue weighted by Crippen LogP contribution is -2.26. The van der Waals surface area contributed by atoms with Crippen molar-refractivity contribution in [2.24, 2.45) is 0 Å². The molecule has 0 aliphatic heterocycles. The van der Waals surface area contributed by atoms with Crippen molar-refractivity contribution in [1.29, 1.82) is 0 Å². The van der Waals surface area contributed by atoms with Crippen LogP contribution in [0.3, 0.4) is 0 Å². The fourth-order valence-electron chi connectivity index (χ4n) is 3.59. The largest absolute Gasteiger partial charge is 0.466 e. The molecule has 3 rings (SSSR count). The SMILES string of the molecule is O=P(O)(O)O.c1ccc(C2(c3ccccc3)CCCCCC2)cc1. The van der Waals surface area contributed by atoms with E-state index >= 15 is 0 Å². The summed E-state index contributed by atoms with van der Waals surface area (Å²) < 4.78 is 8.88. The van der Waals surface area contributed by atoms with Gasteiger partial charge in [-0.3, -0.25) is 0 Å². The Kier molecular flexibility index (Phi) is 6.76. The summed E-state index contributed by atoms with van der Waals surface area (Å²) in [6.07, 6.45) is 8.07. The molecule has 5 heteroatoms. The van der Waals surface area contributed by atoms with Crippen molar-refractivity contribution in [1.82, 2.24) is 0 Å². The molecule has 0 atom stereocenters. The second kappa shape index (κ2) is 8.59. The second-order valence-electron chi connectivity index (χ2n) is 6.24. The lowest BCUT2D eigenvalue weighted by atomic mass is 9.69. The van der Waals surface area contributed by atoms with Gasteiger partial charge < -0.3 is 14.7 Å². The van der Waals surface area contributed by atoms with E-state index in [-0.39, 0.29) is 5.41 Å². The summed E-state index contributed by atoms with van der Waals surface area (Å²) >= 11 is 0. The molecule has 0 radical (unpaired) electrons. The average molecular weight is 348 g/mol. The predicted octanol–water partition coefficient (Wildman–Crippen LogP) is 4.40. The Hall–Kier alpha value is -1.45. The number of hydrogen-bond donors (Lipinski definition) is 3. The minimum Gasteiger partial charge on any atom is -0.303 e. The monoisotopic (exact) mass is 348 g/mol. The molecule has 0 saturated heterocycles. The summed E-state index contributed by atoms with van der Waals surface area (Å²) in [6.45, 7) is 0. The normalized spacial score (nSPS) is 17.3. The summed E-state index contributed by atoms with van der Waals surface area (Å²) in [7, 11) is -4.64. The van der Waals surface area contributed by atoms with Crippen LogP contribution in [0.5, 0.6) is 0 Å². The van der Waals surface area contributed by atoms with Gasteiger partial charge in [0, 0.05) is 5.41 Å². The van der Waals surface area contributed by atoms with Crippen LogP contribution in [0.2, 0.25) is 0 Å². The minimum atomic E-state index is -4.64. The van der Waals surface area contributed by atoms with Crippen molar-refractivity contribution >= 4 is 7.82 Å². The fourth-order valence-corrected chi connectivity index (χ4v) is 3.59. The van der Waals surface area contributed by atoms with Gasteiger partial charge in [0.2, 0.25) is 0 Å². The van der Waals surface area contributed by atoms with Crippen LogP contribution >= 0.6 is 7.82 Å². The zero-order valence-electron chi connectivity index (χ0n) is 13.7. The second-order valence-corrected chi connectivity index (χ2v) is 7.27. The Bertz CT molecular complexity index is 594. The first-order valence-corrected chi connectivity index (χ1v) is 9.88. The lowest BCUT2D eigenvalue weighted by Gasteiger charge is -2.34. The third-order valence-corrected chi connectivity index (χ3v) is 4.61. The molecule has 0 heterocycles. The molecule has 0 aromatic heterocycles. The van der Waals surface area contributed by atoms with Crippen LogP contribution in [-0.4, -0.2) is 14.7 Å². The fraction of sp³-hybridized carbons (Fsp3) is 0.368. The van der Waals surface area contributed by atoms with Crippen molar-refractivity contribution < 1.29 is 19.2 Å². The standard InChI is InChI=1S/C19H22.H3O4P/c1-2-10-16-19(15-9-1,17-11-5-3-6-12-17)18-13-7-4-8-14-18;1-5(2,3)4/h3-8,11-14H,1-2,9-10,15-16H2;(H3,1,2,3,4). The van der Waals surface area contributed by atoms with Gasteiger partial charge in [-0.05, 0) is 24.0 Å². The molecule has 24 heavy (non-hydrogen) atoms. The first kappa shape index (κ1) is 18.9. The molecule has 1 aliphatic rings. The van der Waals surface area contributed by atoms with E-state index in [1.165, 1.54) is 49.7 Å². The molecular formula is C19H25O4P. The summed E-state index contributed by atoms with van der Waals surface area (Å²) in [5.41, 5.74) is 3.25. The highest BCUT2D eigenvalue weighted by atomic mass is 31.2. The Morgan fingerprint density at radius 1 is 0.667 bits per heavy atom. The molecule has 3 N–H and O–H groups in total. The van der Waals surface area contributed by atoms with Crippen LogP contribution in [0.4, 0.5) is 0 Å². The molecule has 130 valence electrons. The van der Waals surface area contributed by atoms with Gasteiger partial charge in [0.05, 0.1) is 0 Å². The molecule has 1 aliphatic carbocycles. The maximum absolute atomic E-state index is 8.88. The van der Waals surface area contributed by atoms with E-state index in [0.29, 0.717) is 0 Å². The highest BCUT2D eigenvalue weighted by Gasteiger charge is 2.34. The molecule has 1 saturated carbocycles. The molecular weight excluding hydrogens is 323 g/mol.